The standard InChI is InChI=1S/C23H29N3O3/c1-14(2)17-10-18(22(28)11-21(17)27)23(29)26-12-15-4-3-5-20(19(15)13-26)25-16-6-8-24-9-7-16/h3-5,10-11,14,16,24-25,27-28H,6-9,12-13H2,1-2H3. The summed E-state index contributed by atoms with van der Waals surface area (Å²) in [6, 6.07) is 9.52. The van der Waals surface area contributed by atoms with E-state index in [2.05, 4.69) is 22.8 Å². The third-order valence-corrected chi connectivity index (χ3v) is 5.97. The molecule has 6 nitrogen and oxygen atoms in total. The van der Waals surface area contributed by atoms with E-state index in [9.17, 15) is 15.0 Å². The van der Waals surface area contributed by atoms with Gasteiger partial charge in [0.15, 0.2) is 0 Å². The Hall–Kier alpha value is -2.73. The Balaban J connectivity index is 1.56. The van der Waals surface area contributed by atoms with Crippen molar-refractivity contribution in [2.45, 2.75) is 51.7 Å². The summed E-state index contributed by atoms with van der Waals surface area (Å²) >= 11 is 0. The van der Waals surface area contributed by atoms with Gasteiger partial charge in [-0.1, -0.05) is 26.0 Å². The maximum Gasteiger partial charge on any atom is 0.258 e. The average molecular weight is 396 g/mol. The van der Waals surface area contributed by atoms with Crippen molar-refractivity contribution in [2.24, 2.45) is 0 Å². The molecular weight excluding hydrogens is 366 g/mol. The van der Waals surface area contributed by atoms with Gasteiger partial charge < -0.3 is 25.7 Å². The predicted molar refractivity (Wildman–Crippen MR) is 113 cm³/mol. The van der Waals surface area contributed by atoms with E-state index in [1.807, 2.05) is 19.9 Å². The highest BCUT2D eigenvalue weighted by Crippen LogP contribution is 2.36. The molecule has 1 fully saturated rings. The third kappa shape index (κ3) is 3.90. The van der Waals surface area contributed by atoms with Crippen molar-refractivity contribution in [2.75, 3.05) is 18.4 Å². The highest BCUT2D eigenvalue weighted by atomic mass is 16.3. The molecule has 2 aliphatic rings. The molecule has 1 amide bonds. The van der Waals surface area contributed by atoms with E-state index in [1.165, 1.54) is 6.07 Å². The first kappa shape index (κ1) is 19.6. The van der Waals surface area contributed by atoms with Gasteiger partial charge in [0.25, 0.3) is 5.91 Å². The molecule has 2 aromatic rings. The number of anilines is 1. The van der Waals surface area contributed by atoms with E-state index in [4.69, 9.17) is 0 Å². The first-order chi connectivity index (χ1) is 13.9. The molecule has 4 rings (SSSR count). The zero-order valence-corrected chi connectivity index (χ0v) is 17.0. The van der Waals surface area contributed by atoms with Gasteiger partial charge in [-0.3, -0.25) is 4.79 Å². The summed E-state index contributed by atoms with van der Waals surface area (Å²) in [7, 11) is 0. The van der Waals surface area contributed by atoms with Crippen molar-refractivity contribution >= 4 is 11.6 Å². The summed E-state index contributed by atoms with van der Waals surface area (Å²) in [6.45, 7) is 6.98. The SMILES string of the molecule is CC(C)c1cc(C(=O)N2Cc3cccc(NC4CCNCC4)c3C2)c(O)cc1O. The number of carbonyl (C=O) groups is 1. The predicted octanol–water partition coefficient (Wildman–Crippen LogP) is 3.54. The summed E-state index contributed by atoms with van der Waals surface area (Å²) < 4.78 is 0. The maximum atomic E-state index is 13.2. The minimum Gasteiger partial charge on any atom is -0.508 e. The topological polar surface area (TPSA) is 84.8 Å². The Morgan fingerprint density at radius 1 is 1.14 bits per heavy atom. The van der Waals surface area contributed by atoms with Crippen LogP contribution in [-0.4, -0.2) is 40.2 Å². The van der Waals surface area contributed by atoms with Gasteiger partial charge in [-0.15, -0.1) is 0 Å². The molecule has 2 aliphatic heterocycles. The molecule has 0 unspecified atom stereocenters. The van der Waals surface area contributed by atoms with Gasteiger partial charge in [-0.05, 0) is 60.7 Å². The van der Waals surface area contributed by atoms with Crippen molar-refractivity contribution in [3.63, 3.8) is 0 Å². The fraction of sp³-hybridized carbons (Fsp3) is 0.435. The number of piperidine rings is 1. The quantitative estimate of drug-likeness (QED) is 0.636. The second kappa shape index (κ2) is 7.95. The molecule has 0 radical (unpaired) electrons. The van der Waals surface area contributed by atoms with E-state index in [-0.39, 0.29) is 28.9 Å². The van der Waals surface area contributed by atoms with Crippen LogP contribution in [0.25, 0.3) is 0 Å². The summed E-state index contributed by atoms with van der Waals surface area (Å²) in [4.78, 5) is 14.9. The Morgan fingerprint density at radius 3 is 2.62 bits per heavy atom. The van der Waals surface area contributed by atoms with E-state index in [1.54, 1.807) is 11.0 Å². The zero-order valence-electron chi connectivity index (χ0n) is 17.0. The highest BCUT2D eigenvalue weighted by Gasteiger charge is 2.29. The molecule has 29 heavy (non-hydrogen) atoms. The number of phenols is 2. The Bertz CT molecular complexity index is 920. The van der Waals surface area contributed by atoms with Crippen molar-refractivity contribution in [3.05, 3.63) is 52.6 Å². The van der Waals surface area contributed by atoms with Gasteiger partial charge in [-0.2, -0.15) is 0 Å². The molecule has 154 valence electrons. The van der Waals surface area contributed by atoms with Gasteiger partial charge >= 0.3 is 0 Å². The number of nitrogens with zero attached hydrogens (tertiary/aromatic N) is 1. The number of benzene rings is 2. The highest BCUT2D eigenvalue weighted by molar-refractivity contribution is 5.97. The molecule has 4 N–H and O–H groups in total. The molecule has 0 bridgehead atoms. The van der Waals surface area contributed by atoms with Crippen molar-refractivity contribution < 1.29 is 15.0 Å². The van der Waals surface area contributed by atoms with Gasteiger partial charge in [0, 0.05) is 30.9 Å². The fourth-order valence-electron chi connectivity index (χ4n) is 4.28. The maximum absolute atomic E-state index is 13.2. The van der Waals surface area contributed by atoms with Crippen LogP contribution >= 0.6 is 0 Å². The lowest BCUT2D eigenvalue weighted by Crippen LogP contribution is -2.35. The number of rotatable bonds is 4. The first-order valence-electron chi connectivity index (χ1n) is 10.4. The molecule has 0 atom stereocenters. The number of nitrogens with one attached hydrogen (secondary N) is 2. The minimum atomic E-state index is -0.214. The van der Waals surface area contributed by atoms with Crippen LogP contribution in [0.5, 0.6) is 11.5 Å². The third-order valence-electron chi connectivity index (χ3n) is 5.97. The van der Waals surface area contributed by atoms with Crippen LogP contribution in [0.4, 0.5) is 5.69 Å². The van der Waals surface area contributed by atoms with Crippen molar-refractivity contribution in [1.29, 1.82) is 0 Å². The van der Waals surface area contributed by atoms with E-state index in [0.717, 1.165) is 42.7 Å². The van der Waals surface area contributed by atoms with Crippen LogP contribution in [0.2, 0.25) is 0 Å². The second-order valence-corrected chi connectivity index (χ2v) is 8.36. The number of hydrogen-bond donors (Lipinski definition) is 4. The van der Waals surface area contributed by atoms with Crippen LogP contribution in [-0.2, 0) is 13.1 Å². The molecule has 0 aromatic heterocycles. The average Bonchev–Trinajstić information content (AvgIpc) is 3.13. The van der Waals surface area contributed by atoms with Crippen LogP contribution in [0.15, 0.2) is 30.3 Å². The van der Waals surface area contributed by atoms with E-state index < -0.39 is 0 Å². The summed E-state index contributed by atoms with van der Waals surface area (Å²) in [6.07, 6.45) is 2.18. The zero-order chi connectivity index (χ0) is 20.5. The number of fused-ring (bicyclic) bond motifs is 1. The molecule has 0 spiro atoms. The van der Waals surface area contributed by atoms with Gasteiger partial charge in [-0.25, -0.2) is 0 Å². The normalized spacial score (nSPS) is 16.9. The molecule has 2 aromatic carbocycles. The van der Waals surface area contributed by atoms with Gasteiger partial charge in [0.1, 0.15) is 11.5 Å². The molecule has 2 heterocycles. The molecule has 0 saturated carbocycles. The lowest BCUT2D eigenvalue weighted by molar-refractivity contribution is 0.0748. The van der Waals surface area contributed by atoms with E-state index in [0.29, 0.717) is 24.7 Å². The smallest absolute Gasteiger partial charge is 0.258 e. The number of hydrogen-bond acceptors (Lipinski definition) is 5. The molecule has 0 aliphatic carbocycles. The molecule has 1 saturated heterocycles. The summed E-state index contributed by atoms with van der Waals surface area (Å²) in [5.41, 5.74) is 4.30. The van der Waals surface area contributed by atoms with Crippen LogP contribution < -0.4 is 10.6 Å². The van der Waals surface area contributed by atoms with Gasteiger partial charge in [0.05, 0.1) is 5.56 Å². The fourth-order valence-corrected chi connectivity index (χ4v) is 4.28. The Morgan fingerprint density at radius 2 is 1.90 bits per heavy atom. The lowest BCUT2D eigenvalue weighted by atomic mass is 9.98. The lowest BCUT2D eigenvalue weighted by Gasteiger charge is -2.26. The monoisotopic (exact) mass is 395 g/mol. The largest absolute Gasteiger partial charge is 0.508 e. The number of carbonyl (C=O) groups excluding carboxylic acids is 1. The second-order valence-electron chi connectivity index (χ2n) is 8.36. The summed E-state index contributed by atoms with van der Waals surface area (Å²) in [5.74, 6) is -0.319. The number of phenolic OH excluding ortho intramolecular Hbond substituents is 2. The number of amides is 1. The van der Waals surface area contributed by atoms with Crippen LogP contribution in [0.1, 0.15) is 59.7 Å². The van der Waals surface area contributed by atoms with Crippen LogP contribution in [0.3, 0.4) is 0 Å². The Kier molecular flexibility index (Phi) is 5.37. The Labute approximate surface area is 171 Å². The van der Waals surface area contributed by atoms with Crippen molar-refractivity contribution in [1.82, 2.24) is 10.2 Å². The molecule has 6 heteroatoms. The van der Waals surface area contributed by atoms with Crippen LogP contribution in [0, 0.1) is 0 Å². The van der Waals surface area contributed by atoms with E-state index >= 15 is 0 Å². The van der Waals surface area contributed by atoms with Gasteiger partial charge in [0.2, 0.25) is 0 Å². The van der Waals surface area contributed by atoms with Crippen molar-refractivity contribution in [3.8, 4) is 11.5 Å². The first-order valence-corrected chi connectivity index (χ1v) is 10.4. The summed E-state index contributed by atoms with van der Waals surface area (Å²) in [5, 5.41) is 27.4. The number of aromatic hydroxyl groups is 2. The molecular formula is C23H29N3O3. The minimum absolute atomic E-state index is 0.0206.